The Morgan fingerprint density at radius 1 is 1.19 bits per heavy atom. The number of anilines is 2. The van der Waals surface area contributed by atoms with E-state index in [1.54, 1.807) is 18.2 Å². The number of rotatable bonds is 5. The van der Waals surface area contributed by atoms with Gasteiger partial charge >= 0.3 is 0 Å². The second-order valence-electron chi connectivity index (χ2n) is 4.44. The first kappa shape index (κ1) is 15.6. The maximum Gasteiger partial charge on any atom is 0.242 e. The maximum atomic E-state index is 11.7. The first-order valence-electron chi connectivity index (χ1n) is 6.24. The summed E-state index contributed by atoms with van der Waals surface area (Å²) in [7, 11) is -2.19. The van der Waals surface area contributed by atoms with Gasteiger partial charge in [-0.2, -0.15) is 0 Å². The zero-order valence-corrected chi connectivity index (χ0v) is 13.0. The van der Waals surface area contributed by atoms with Crippen molar-refractivity contribution < 1.29 is 8.42 Å². The minimum Gasteiger partial charge on any atom is -0.398 e. The largest absolute Gasteiger partial charge is 0.398 e. The Morgan fingerprint density at radius 3 is 2.57 bits per heavy atom. The molecule has 21 heavy (non-hydrogen) atoms. The number of halogens is 1. The third-order valence-electron chi connectivity index (χ3n) is 2.95. The second kappa shape index (κ2) is 6.34. The molecule has 0 aliphatic rings. The summed E-state index contributed by atoms with van der Waals surface area (Å²) in [5, 5.41) is 3.84. The van der Waals surface area contributed by atoms with Crippen LogP contribution in [0.25, 0.3) is 0 Å². The van der Waals surface area contributed by atoms with Crippen LogP contribution in [0.15, 0.2) is 47.4 Å². The molecule has 2 aromatic rings. The lowest BCUT2D eigenvalue weighted by Crippen LogP contribution is -2.20. The number of nitrogen functional groups attached to an aromatic ring is 1. The van der Waals surface area contributed by atoms with Gasteiger partial charge in [-0.15, -0.1) is 0 Å². The molecule has 0 unspecified atom stereocenters. The van der Waals surface area contributed by atoms with Crippen molar-refractivity contribution in [3.05, 3.63) is 53.1 Å². The van der Waals surface area contributed by atoms with Crippen molar-refractivity contribution in [1.82, 2.24) is 4.72 Å². The van der Waals surface area contributed by atoms with Crippen LogP contribution >= 0.6 is 11.6 Å². The van der Waals surface area contributed by atoms with Crippen molar-refractivity contribution in [3.8, 4) is 0 Å². The van der Waals surface area contributed by atoms with Crippen LogP contribution in [0.2, 0.25) is 5.02 Å². The van der Waals surface area contributed by atoms with Crippen LogP contribution < -0.4 is 15.8 Å². The van der Waals surface area contributed by atoms with Crippen molar-refractivity contribution in [2.45, 2.75) is 11.4 Å². The first-order chi connectivity index (χ1) is 9.92. The van der Waals surface area contributed by atoms with Crippen LogP contribution in [0.1, 0.15) is 5.56 Å². The molecule has 112 valence electrons. The zero-order valence-electron chi connectivity index (χ0n) is 11.4. The normalized spacial score (nSPS) is 11.3. The summed E-state index contributed by atoms with van der Waals surface area (Å²) < 4.78 is 25.7. The summed E-state index contributed by atoms with van der Waals surface area (Å²) in [6.07, 6.45) is 0. The lowest BCUT2D eigenvalue weighted by atomic mass is 10.2. The van der Waals surface area contributed by atoms with E-state index in [4.69, 9.17) is 17.3 Å². The Labute approximate surface area is 129 Å². The van der Waals surface area contributed by atoms with E-state index in [0.29, 0.717) is 11.6 Å². The average molecular weight is 326 g/mol. The molecule has 0 radical (unpaired) electrons. The smallest absolute Gasteiger partial charge is 0.242 e. The zero-order chi connectivity index (χ0) is 15.5. The highest BCUT2D eigenvalue weighted by Crippen LogP contribution is 2.22. The van der Waals surface area contributed by atoms with Gasteiger partial charge in [0, 0.05) is 17.3 Å². The molecule has 0 saturated heterocycles. The Kier molecular flexibility index (Phi) is 4.72. The summed E-state index contributed by atoms with van der Waals surface area (Å²) in [6, 6.07) is 12.2. The fourth-order valence-electron chi connectivity index (χ4n) is 1.86. The average Bonchev–Trinajstić information content (AvgIpc) is 2.45. The van der Waals surface area contributed by atoms with Crippen molar-refractivity contribution in [3.63, 3.8) is 0 Å². The van der Waals surface area contributed by atoms with Crippen molar-refractivity contribution >= 4 is 33.0 Å². The van der Waals surface area contributed by atoms with E-state index < -0.39 is 10.0 Å². The molecule has 4 N–H and O–H groups in total. The summed E-state index contributed by atoms with van der Waals surface area (Å²) >= 11 is 5.92. The summed E-state index contributed by atoms with van der Waals surface area (Å²) in [6.45, 7) is 0.568. The highest BCUT2D eigenvalue weighted by molar-refractivity contribution is 7.89. The number of sulfonamides is 1. The van der Waals surface area contributed by atoms with Gasteiger partial charge in [-0.3, -0.25) is 0 Å². The number of benzene rings is 2. The van der Waals surface area contributed by atoms with Crippen LogP contribution in [-0.4, -0.2) is 15.5 Å². The van der Waals surface area contributed by atoms with Crippen LogP contribution in [0.5, 0.6) is 0 Å². The van der Waals surface area contributed by atoms with Gasteiger partial charge in [0.1, 0.15) is 4.90 Å². The third-order valence-corrected chi connectivity index (χ3v) is 4.68. The molecule has 0 atom stereocenters. The highest BCUT2D eigenvalue weighted by Gasteiger charge is 2.15. The molecule has 0 saturated carbocycles. The van der Waals surface area contributed by atoms with E-state index >= 15 is 0 Å². The summed E-state index contributed by atoms with van der Waals surface area (Å²) in [4.78, 5) is 0.0679. The minimum atomic E-state index is -3.54. The number of hydrogen-bond acceptors (Lipinski definition) is 4. The third kappa shape index (κ3) is 3.87. The van der Waals surface area contributed by atoms with Gasteiger partial charge in [0.25, 0.3) is 0 Å². The van der Waals surface area contributed by atoms with Crippen molar-refractivity contribution in [1.29, 1.82) is 0 Å². The van der Waals surface area contributed by atoms with Crippen LogP contribution in [0.3, 0.4) is 0 Å². The van der Waals surface area contributed by atoms with E-state index in [-0.39, 0.29) is 10.6 Å². The summed E-state index contributed by atoms with van der Waals surface area (Å²) in [5.41, 5.74) is 7.75. The lowest BCUT2D eigenvalue weighted by molar-refractivity contribution is 0.588. The van der Waals surface area contributed by atoms with Gasteiger partial charge in [0.15, 0.2) is 0 Å². The molecule has 0 aliphatic heterocycles. The lowest BCUT2D eigenvalue weighted by Gasteiger charge is -2.10. The van der Waals surface area contributed by atoms with Gasteiger partial charge in [0.05, 0.1) is 5.69 Å². The van der Waals surface area contributed by atoms with E-state index in [2.05, 4.69) is 10.0 Å². The molecule has 0 heterocycles. The van der Waals surface area contributed by atoms with Gasteiger partial charge in [0.2, 0.25) is 10.0 Å². The molecule has 0 fully saturated rings. The fourth-order valence-corrected chi connectivity index (χ4v) is 2.91. The number of hydrogen-bond donors (Lipinski definition) is 3. The maximum absolute atomic E-state index is 11.7. The molecule has 2 rings (SSSR count). The van der Waals surface area contributed by atoms with Crippen LogP contribution in [-0.2, 0) is 16.6 Å². The van der Waals surface area contributed by atoms with Gasteiger partial charge in [-0.25, -0.2) is 13.1 Å². The number of nitrogens with one attached hydrogen (secondary N) is 2. The Balaban J connectivity index is 2.14. The topological polar surface area (TPSA) is 84.2 Å². The second-order valence-corrected chi connectivity index (χ2v) is 6.74. The monoisotopic (exact) mass is 325 g/mol. The van der Waals surface area contributed by atoms with E-state index in [9.17, 15) is 8.42 Å². The van der Waals surface area contributed by atoms with Gasteiger partial charge in [-0.1, -0.05) is 23.7 Å². The van der Waals surface area contributed by atoms with Crippen molar-refractivity contribution in [2.24, 2.45) is 0 Å². The molecule has 2 aromatic carbocycles. The highest BCUT2D eigenvalue weighted by atomic mass is 35.5. The minimum absolute atomic E-state index is 0.0679. The molecule has 7 heteroatoms. The first-order valence-corrected chi connectivity index (χ1v) is 8.10. The van der Waals surface area contributed by atoms with Gasteiger partial charge < -0.3 is 11.1 Å². The summed E-state index contributed by atoms with van der Waals surface area (Å²) in [5.74, 6) is 0. The molecule has 0 aromatic heterocycles. The Bertz CT molecular complexity index is 748. The van der Waals surface area contributed by atoms with Crippen molar-refractivity contribution in [2.75, 3.05) is 18.1 Å². The number of nitrogens with two attached hydrogens (primary N) is 1. The predicted molar refractivity (Wildman–Crippen MR) is 85.9 cm³/mol. The molecule has 0 amide bonds. The van der Waals surface area contributed by atoms with E-state index in [0.717, 1.165) is 11.3 Å². The fraction of sp³-hybridized carbons (Fsp3) is 0.143. The predicted octanol–water partition coefficient (Wildman–Crippen LogP) is 2.44. The van der Waals surface area contributed by atoms with Crippen LogP contribution in [0, 0.1) is 0 Å². The van der Waals surface area contributed by atoms with Crippen LogP contribution in [0.4, 0.5) is 11.4 Å². The molecular formula is C14H16ClN3O2S. The van der Waals surface area contributed by atoms with E-state index in [1.807, 2.05) is 18.2 Å². The molecular weight excluding hydrogens is 310 g/mol. The Morgan fingerprint density at radius 2 is 1.95 bits per heavy atom. The standard InChI is InChI=1S/C14H16ClN3O2S/c1-17-21(19,20)14-6-5-12(8-13(14)16)18-9-10-3-2-4-11(15)7-10/h2-8,17-18H,9,16H2,1H3. The Hall–Kier alpha value is -1.76. The SMILES string of the molecule is CNS(=O)(=O)c1ccc(NCc2cccc(Cl)c2)cc1N. The molecule has 0 spiro atoms. The quantitative estimate of drug-likeness (QED) is 0.737. The molecule has 0 bridgehead atoms. The molecule has 0 aliphatic carbocycles. The van der Waals surface area contributed by atoms with Gasteiger partial charge in [-0.05, 0) is 42.9 Å². The molecule has 5 nitrogen and oxygen atoms in total. The van der Waals surface area contributed by atoms with E-state index in [1.165, 1.54) is 13.1 Å².